The van der Waals surface area contributed by atoms with Gasteiger partial charge in [0, 0.05) is 35.6 Å². The molecule has 2 spiro atoms. The lowest BCUT2D eigenvalue weighted by Gasteiger charge is -2.59. The Morgan fingerprint density at radius 1 is 1.15 bits per heavy atom. The average molecular weight is 467 g/mol. The van der Waals surface area contributed by atoms with Crippen LogP contribution < -0.4 is 5.32 Å². The smallest absolute Gasteiger partial charge is 0.458 e. The van der Waals surface area contributed by atoms with Gasteiger partial charge in [-0.2, -0.15) is 13.2 Å². The Kier molecular flexibility index (Phi) is 4.06. The summed E-state index contributed by atoms with van der Waals surface area (Å²) < 4.78 is 52.2. The molecule has 2 saturated heterocycles. The molecule has 2 heterocycles. The number of ether oxygens (including phenoxy) is 2. The van der Waals surface area contributed by atoms with E-state index in [0.717, 1.165) is 5.57 Å². The lowest BCUT2D eigenvalue weighted by molar-refractivity contribution is -0.177. The summed E-state index contributed by atoms with van der Waals surface area (Å²) in [4.78, 5) is 36.4. The van der Waals surface area contributed by atoms with Gasteiger partial charge in [0.25, 0.3) is 0 Å². The number of carbonyl (C=O) groups excluding carboxylic acids is 3. The number of fused-ring (bicyclic) bond motifs is 4. The molecule has 3 saturated carbocycles. The Balaban J connectivity index is 1.45. The van der Waals surface area contributed by atoms with Gasteiger partial charge in [-0.3, -0.25) is 14.4 Å². The fraction of sp³-hybridized carbons (Fsp3) is 0.792. The molecule has 6 aliphatic rings. The quantitative estimate of drug-likeness (QED) is 0.472. The zero-order valence-corrected chi connectivity index (χ0v) is 18.7. The van der Waals surface area contributed by atoms with Gasteiger partial charge in [0.15, 0.2) is 5.78 Å². The van der Waals surface area contributed by atoms with Gasteiger partial charge >= 0.3 is 18.1 Å². The number of alkyl halides is 3. The summed E-state index contributed by atoms with van der Waals surface area (Å²) in [6.07, 6.45) is 0.561. The van der Waals surface area contributed by atoms with Crippen molar-refractivity contribution in [2.24, 2.45) is 22.7 Å². The van der Waals surface area contributed by atoms with Crippen LogP contribution in [0.1, 0.15) is 65.2 Å². The summed E-state index contributed by atoms with van der Waals surface area (Å²) in [7, 11) is 0. The van der Waals surface area contributed by atoms with E-state index < -0.39 is 40.2 Å². The molecular formula is C24H28F3NO5. The third-order valence-electron chi connectivity index (χ3n) is 10.3. The lowest BCUT2D eigenvalue weighted by Crippen LogP contribution is -2.66. The maximum Gasteiger partial charge on any atom is 0.471 e. The molecule has 8 atom stereocenters. The number of esters is 1. The Labute approximate surface area is 189 Å². The third-order valence-corrected chi connectivity index (χ3v) is 10.3. The number of carbonyl (C=O) groups is 3. The minimum atomic E-state index is -5.00. The van der Waals surface area contributed by atoms with Crippen molar-refractivity contribution < 1.29 is 37.0 Å². The molecule has 0 aromatic rings. The van der Waals surface area contributed by atoms with Gasteiger partial charge in [0.1, 0.15) is 11.2 Å². The van der Waals surface area contributed by atoms with Gasteiger partial charge in [0.2, 0.25) is 0 Å². The summed E-state index contributed by atoms with van der Waals surface area (Å²) >= 11 is 0. The SMILES string of the molecule is C[C@]12CCC(=O)C=C1CC(NC(=O)C(F)(F)F)C1C3CC[C@@]4(CCC(=O)O4)[C@@]3(C)C[C@H]3O[C@@]132. The molecule has 9 heteroatoms. The molecule has 0 aromatic carbocycles. The summed E-state index contributed by atoms with van der Waals surface area (Å²) in [6.45, 7) is 4.17. The largest absolute Gasteiger partial charge is 0.471 e. The van der Waals surface area contributed by atoms with Crippen molar-refractivity contribution >= 4 is 17.7 Å². The fourth-order valence-electron chi connectivity index (χ4n) is 8.70. The van der Waals surface area contributed by atoms with Crippen molar-refractivity contribution in [3.63, 3.8) is 0 Å². The first-order valence-corrected chi connectivity index (χ1v) is 11.9. The number of rotatable bonds is 1. The predicted molar refractivity (Wildman–Crippen MR) is 108 cm³/mol. The summed E-state index contributed by atoms with van der Waals surface area (Å²) in [6, 6.07) is -0.800. The Bertz CT molecular complexity index is 1010. The second-order valence-corrected chi connectivity index (χ2v) is 11.4. The fourth-order valence-corrected chi connectivity index (χ4v) is 8.70. The molecule has 6 nitrogen and oxygen atoms in total. The number of halogens is 3. The van der Waals surface area contributed by atoms with Crippen LogP contribution in [-0.2, 0) is 23.9 Å². The monoisotopic (exact) mass is 467 g/mol. The van der Waals surface area contributed by atoms with Crippen LogP contribution in [0, 0.1) is 22.7 Å². The highest BCUT2D eigenvalue weighted by molar-refractivity contribution is 5.92. The lowest BCUT2D eigenvalue weighted by atomic mass is 9.45. The molecular weight excluding hydrogens is 439 g/mol. The van der Waals surface area contributed by atoms with E-state index in [4.69, 9.17) is 9.47 Å². The third kappa shape index (κ3) is 2.52. The minimum Gasteiger partial charge on any atom is -0.458 e. The molecule has 0 aromatic heterocycles. The van der Waals surface area contributed by atoms with Crippen molar-refractivity contribution in [2.75, 3.05) is 0 Å². The van der Waals surface area contributed by atoms with E-state index in [1.807, 2.05) is 0 Å². The van der Waals surface area contributed by atoms with Gasteiger partial charge in [-0.05, 0) is 50.5 Å². The molecule has 1 amide bonds. The van der Waals surface area contributed by atoms with E-state index in [9.17, 15) is 27.6 Å². The van der Waals surface area contributed by atoms with E-state index in [2.05, 4.69) is 19.2 Å². The van der Waals surface area contributed by atoms with Crippen LogP contribution in [0.15, 0.2) is 11.6 Å². The Morgan fingerprint density at radius 3 is 2.58 bits per heavy atom. The molecule has 33 heavy (non-hydrogen) atoms. The van der Waals surface area contributed by atoms with Gasteiger partial charge in [-0.15, -0.1) is 0 Å². The molecule has 6 rings (SSSR count). The molecule has 4 aliphatic carbocycles. The summed E-state index contributed by atoms with van der Waals surface area (Å²) in [5, 5.41) is 2.29. The number of nitrogens with one attached hydrogen (secondary N) is 1. The highest BCUT2D eigenvalue weighted by Crippen LogP contribution is 2.77. The van der Waals surface area contributed by atoms with Crippen LogP contribution in [-0.4, -0.2) is 47.2 Å². The van der Waals surface area contributed by atoms with Gasteiger partial charge in [-0.1, -0.05) is 19.4 Å². The van der Waals surface area contributed by atoms with Crippen LogP contribution >= 0.6 is 0 Å². The van der Waals surface area contributed by atoms with Gasteiger partial charge in [-0.25, -0.2) is 0 Å². The molecule has 1 N–H and O–H groups in total. The number of hydrogen-bond donors (Lipinski definition) is 1. The Hall–Kier alpha value is -1.90. The maximum absolute atomic E-state index is 13.3. The first-order valence-electron chi connectivity index (χ1n) is 11.9. The first-order chi connectivity index (χ1) is 15.4. The van der Waals surface area contributed by atoms with Crippen molar-refractivity contribution in [3.8, 4) is 0 Å². The van der Waals surface area contributed by atoms with Crippen LogP contribution in [0.2, 0.25) is 0 Å². The van der Waals surface area contributed by atoms with Crippen LogP contribution in [0.3, 0.4) is 0 Å². The second-order valence-electron chi connectivity index (χ2n) is 11.4. The van der Waals surface area contributed by atoms with E-state index >= 15 is 0 Å². The second kappa shape index (κ2) is 6.20. The average Bonchev–Trinajstić information content (AvgIpc) is 3.21. The highest BCUT2D eigenvalue weighted by atomic mass is 19.4. The number of ketones is 1. The zero-order chi connectivity index (χ0) is 23.6. The van der Waals surface area contributed by atoms with E-state index in [1.165, 1.54) is 0 Å². The molecule has 180 valence electrons. The predicted octanol–water partition coefficient (Wildman–Crippen LogP) is 3.38. The van der Waals surface area contributed by atoms with Crippen LogP contribution in [0.25, 0.3) is 0 Å². The topological polar surface area (TPSA) is 85.0 Å². The first kappa shape index (κ1) is 21.6. The van der Waals surface area contributed by atoms with E-state index in [1.54, 1.807) is 6.08 Å². The molecule has 5 fully saturated rings. The standard InChI is InChI=1S/C24H28F3NO5/c1-20-6-3-13(29)9-12(20)10-15(28-19(31)24(25,26)27)18-14-4-7-22(8-5-17(30)33-22)21(14,2)11-16-23(18,20)32-16/h9,14-16,18H,3-8,10-11H2,1-2H3,(H,28,31)/t14?,15?,16-,18?,20+,21+,22-,23-/m1/s1. The summed E-state index contributed by atoms with van der Waals surface area (Å²) in [5.74, 6) is -2.62. The molecule has 3 unspecified atom stereocenters. The van der Waals surface area contributed by atoms with Crippen LogP contribution in [0.5, 0.6) is 0 Å². The number of hydrogen-bond acceptors (Lipinski definition) is 5. The molecule has 0 radical (unpaired) electrons. The van der Waals surface area contributed by atoms with Crippen molar-refractivity contribution in [2.45, 2.75) is 94.7 Å². The molecule has 0 bridgehead atoms. The maximum atomic E-state index is 13.3. The highest BCUT2D eigenvalue weighted by Gasteiger charge is 2.83. The van der Waals surface area contributed by atoms with Crippen molar-refractivity contribution in [3.05, 3.63) is 11.6 Å². The van der Waals surface area contributed by atoms with Crippen molar-refractivity contribution in [1.29, 1.82) is 0 Å². The van der Waals surface area contributed by atoms with Crippen LogP contribution in [0.4, 0.5) is 13.2 Å². The van der Waals surface area contributed by atoms with Crippen molar-refractivity contribution in [1.82, 2.24) is 5.32 Å². The van der Waals surface area contributed by atoms with E-state index in [-0.39, 0.29) is 36.1 Å². The van der Waals surface area contributed by atoms with Gasteiger partial charge < -0.3 is 14.8 Å². The van der Waals surface area contributed by atoms with E-state index in [0.29, 0.717) is 44.9 Å². The zero-order valence-electron chi connectivity index (χ0n) is 18.7. The Morgan fingerprint density at radius 2 is 1.91 bits per heavy atom. The normalized spacial score (nSPS) is 50.0. The molecule has 2 aliphatic heterocycles. The minimum absolute atomic E-state index is 0.0336. The number of epoxide rings is 1. The number of amides is 1. The van der Waals surface area contributed by atoms with Gasteiger partial charge in [0.05, 0.1) is 6.10 Å². The summed E-state index contributed by atoms with van der Waals surface area (Å²) in [5.41, 5.74) is -1.43.